The molecule has 2 saturated heterocycles. The number of aliphatic hydroxyl groups is 1. The molecule has 1 aromatic carbocycles. The summed E-state index contributed by atoms with van der Waals surface area (Å²) in [7, 11) is 0. The number of β-lactam (4-membered cyclic amide) rings is 1. The first-order chi connectivity index (χ1) is 13.7. The molecule has 0 spiro atoms. The number of benzene rings is 1. The summed E-state index contributed by atoms with van der Waals surface area (Å²) < 4.78 is 5.16. The lowest BCUT2D eigenvalue weighted by molar-refractivity contribution is -0.384. The Balaban J connectivity index is 1.54. The van der Waals surface area contributed by atoms with Crippen LogP contribution in [0.1, 0.15) is 25.3 Å². The molecule has 11 heteroatoms. The van der Waals surface area contributed by atoms with E-state index in [-0.39, 0.29) is 41.8 Å². The van der Waals surface area contributed by atoms with E-state index in [9.17, 15) is 29.6 Å². The van der Waals surface area contributed by atoms with Gasteiger partial charge in [-0.1, -0.05) is 6.92 Å². The number of ether oxygens (including phenoxy) is 1. The van der Waals surface area contributed by atoms with Crippen LogP contribution in [-0.2, 0) is 25.7 Å². The summed E-state index contributed by atoms with van der Waals surface area (Å²) in [6.45, 7) is 1.51. The standard InChI is InChI=1S/C18H21N3O7S/c1-2-3-13(22)19-14-15(23)20-9-18(25,10-29-16(14)20)17(24)28-8-11-4-6-12(7-5-11)21(26)27/h4-7,14,16,25H,2-3,8-10H2,1H3,(H,19,22)/t14?,16-,18?/m1/s1. The van der Waals surface area contributed by atoms with E-state index in [0.29, 0.717) is 18.4 Å². The summed E-state index contributed by atoms with van der Waals surface area (Å²) in [5.41, 5.74) is -1.39. The van der Waals surface area contributed by atoms with Gasteiger partial charge in [0.15, 0.2) is 5.60 Å². The van der Waals surface area contributed by atoms with E-state index in [2.05, 4.69) is 5.32 Å². The number of nitrogens with zero attached hydrogens (tertiary/aromatic N) is 2. The number of carbonyl (C=O) groups excluding carboxylic acids is 3. The van der Waals surface area contributed by atoms with Gasteiger partial charge in [-0.15, -0.1) is 11.8 Å². The molecule has 2 N–H and O–H groups in total. The molecule has 29 heavy (non-hydrogen) atoms. The first-order valence-electron chi connectivity index (χ1n) is 9.09. The monoisotopic (exact) mass is 423 g/mol. The number of amides is 2. The van der Waals surface area contributed by atoms with E-state index in [1.165, 1.54) is 40.9 Å². The number of nitro benzene ring substituents is 1. The number of carbonyl (C=O) groups is 3. The quantitative estimate of drug-likeness (QED) is 0.281. The highest BCUT2D eigenvalue weighted by Crippen LogP contribution is 2.38. The van der Waals surface area contributed by atoms with E-state index in [1.807, 2.05) is 6.92 Å². The number of nitro groups is 1. The zero-order chi connectivity index (χ0) is 21.2. The number of esters is 1. The Kier molecular flexibility index (Phi) is 6.08. The molecule has 1 aromatic rings. The topological polar surface area (TPSA) is 139 Å². The smallest absolute Gasteiger partial charge is 0.341 e. The Bertz CT molecular complexity index is 831. The molecule has 3 rings (SSSR count). The van der Waals surface area contributed by atoms with Gasteiger partial charge in [-0.25, -0.2) is 4.79 Å². The van der Waals surface area contributed by atoms with Crippen LogP contribution < -0.4 is 5.32 Å². The van der Waals surface area contributed by atoms with E-state index in [0.717, 1.165) is 0 Å². The third-order valence-electron chi connectivity index (χ3n) is 4.76. The molecule has 0 radical (unpaired) electrons. The van der Waals surface area contributed by atoms with Gasteiger partial charge in [-0.3, -0.25) is 19.7 Å². The minimum absolute atomic E-state index is 0.0285. The number of thioether (sulfide) groups is 1. The lowest BCUT2D eigenvalue weighted by Gasteiger charge is -2.52. The van der Waals surface area contributed by atoms with Gasteiger partial charge in [0.25, 0.3) is 5.69 Å². The fraction of sp³-hybridized carbons (Fsp3) is 0.500. The summed E-state index contributed by atoms with van der Waals surface area (Å²) in [6, 6.07) is 4.88. The molecule has 2 fully saturated rings. The van der Waals surface area contributed by atoms with Crippen molar-refractivity contribution in [3.63, 3.8) is 0 Å². The van der Waals surface area contributed by atoms with E-state index >= 15 is 0 Å². The summed E-state index contributed by atoms with van der Waals surface area (Å²) in [4.78, 5) is 47.9. The predicted molar refractivity (Wildman–Crippen MR) is 103 cm³/mol. The van der Waals surface area contributed by atoms with Gasteiger partial charge in [-0.05, 0) is 24.1 Å². The highest BCUT2D eigenvalue weighted by Gasteiger charge is 2.57. The maximum atomic E-state index is 12.4. The van der Waals surface area contributed by atoms with Crippen LogP contribution in [0.15, 0.2) is 24.3 Å². The number of non-ortho nitro benzene ring substituents is 1. The Hall–Kier alpha value is -2.66. The first-order valence-corrected chi connectivity index (χ1v) is 10.1. The first kappa shape index (κ1) is 21.1. The zero-order valence-corrected chi connectivity index (χ0v) is 16.5. The predicted octanol–water partition coefficient (Wildman–Crippen LogP) is 0.569. The van der Waals surface area contributed by atoms with Crippen LogP contribution >= 0.6 is 11.8 Å². The molecule has 0 aliphatic carbocycles. The Morgan fingerprint density at radius 2 is 2.10 bits per heavy atom. The molecule has 0 saturated carbocycles. The summed E-state index contributed by atoms with van der Waals surface area (Å²) >= 11 is 1.21. The van der Waals surface area contributed by atoms with Crippen LogP contribution in [-0.4, -0.2) is 62.0 Å². The molecule has 2 aliphatic rings. The van der Waals surface area contributed by atoms with Crippen molar-refractivity contribution >= 4 is 35.2 Å². The van der Waals surface area contributed by atoms with E-state index in [1.54, 1.807) is 0 Å². The molecule has 0 aromatic heterocycles. The van der Waals surface area contributed by atoms with E-state index < -0.39 is 22.5 Å². The number of hydrogen-bond donors (Lipinski definition) is 2. The molecular weight excluding hydrogens is 402 g/mol. The number of nitrogens with one attached hydrogen (secondary N) is 1. The zero-order valence-electron chi connectivity index (χ0n) is 15.7. The minimum Gasteiger partial charge on any atom is -0.459 e. The number of fused-ring (bicyclic) bond motifs is 1. The molecule has 2 aliphatic heterocycles. The number of rotatable bonds is 7. The second-order valence-electron chi connectivity index (χ2n) is 6.99. The van der Waals surface area contributed by atoms with Crippen LogP contribution in [0.5, 0.6) is 0 Å². The van der Waals surface area contributed by atoms with Gasteiger partial charge in [0.2, 0.25) is 11.8 Å². The minimum atomic E-state index is -1.85. The molecular formula is C18H21N3O7S. The highest BCUT2D eigenvalue weighted by molar-refractivity contribution is 8.00. The normalized spacial score (nSPS) is 25.6. The van der Waals surface area contributed by atoms with Crippen LogP contribution in [0, 0.1) is 10.1 Å². The fourth-order valence-electron chi connectivity index (χ4n) is 3.15. The van der Waals surface area contributed by atoms with Crippen molar-refractivity contribution in [3.8, 4) is 0 Å². The number of hydrogen-bond acceptors (Lipinski definition) is 8. The van der Waals surface area contributed by atoms with Crippen molar-refractivity contribution < 1.29 is 29.2 Å². The summed E-state index contributed by atoms with van der Waals surface area (Å²) in [5, 5.41) is 23.7. The van der Waals surface area contributed by atoms with Crippen molar-refractivity contribution in [1.29, 1.82) is 0 Å². The second kappa shape index (κ2) is 8.37. The Morgan fingerprint density at radius 3 is 2.72 bits per heavy atom. The van der Waals surface area contributed by atoms with Crippen molar-refractivity contribution in [2.24, 2.45) is 0 Å². The van der Waals surface area contributed by atoms with Gasteiger partial charge in [0.05, 0.1) is 11.5 Å². The summed E-state index contributed by atoms with van der Waals surface area (Å²) in [5.74, 6) is -1.38. The molecule has 10 nitrogen and oxygen atoms in total. The van der Waals surface area contributed by atoms with Crippen molar-refractivity contribution in [3.05, 3.63) is 39.9 Å². The van der Waals surface area contributed by atoms with Gasteiger partial charge in [-0.2, -0.15) is 0 Å². The van der Waals surface area contributed by atoms with Gasteiger partial charge >= 0.3 is 5.97 Å². The maximum absolute atomic E-state index is 12.4. The van der Waals surface area contributed by atoms with Crippen LogP contribution in [0.25, 0.3) is 0 Å². The largest absolute Gasteiger partial charge is 0.459 e. The Labute approximate surface area is 170 Å². The molecule has 2 heterocycles. The van der Waals surface area contributed by atoms with Crippen LogP contribution in [0.4, 0.5) is 5.69 Å². The van der Waals surface area contributed by atoms with Crippen molar-refractivity contribution in [2.45, 2.75) is 43.4 Å². The van der Waals surface area contributed by atoms with Gasteiger partial charge < -0.3 is 20.1 Å². The lowest BCUT2D eigenvalue weighted by Crippen LogP contribution is -2.75. The SMILES string of the molecule is CCCC(=O)NC1C(=O)N2CC(O)(C(=O)OCc3ccc([N+](=O)[O-])cc3)CS[C@H]12. The second-order valence-corrected chi connectivity index (χ2v) is 8.10. The molecule has 156 valence electrons. The van der Waals surface area contributed by atoms with Crippen LogP contribution in [0.3, 0.4) is 0 Å². The molecule has 2 amide bonds. The van der Waals surface area contributed by atoms with Gasteiger partial charge in [0, 0.05) is 24.3 Å². The Morgan fingerprint density at radius 1 is 1.41 bits per heavy atom. The average Bonchev–Trinajstić information content (AvgIpc) is 2.70. The van der Waals surface area contributed by atoms with Crippen LogP contribution in [0.2, 0.25) is 0 Å². The molecule has 3 atom stereocenters. The molecule has 2 unspecified atom stereocenters. The fourth-order valence-corrected chi connectivity index (χ4v) is 4.55. The third kappa shape index (κ3) is 4.35. The van der Waals surface area contributed by atoms with Gasteiger partial charge in [0.1, 0.15) is 18.0 Å². The summed E-state index contributed by atoms with van der Waals surface area (Å²) in [6.07, 6.45) is 1.01. The maximum Gasteiger partial charge on any atom is 0.341 e. The lowest BCUT2D eigenvalue weighted by atomic mass is 9.99. The van der Waals surface area contributed by atoms with E-state index in [4.69, 9.17) is 4.74 Å². The van der Waals surface area contributed by atoms with Crippen molar-refractivity contribution in [2.75, 3.05) is 12.3 Å². The third-order valence-corrected chi connectivity index (χ3v) is 6.27. The highest BCUT2D eigenvalue weighted by atomic mass is 32.2. The van der Waals surface area contributed by atoms with Crippen molar-refractivity contribution in [1.82, 2.24) is 10.2 Å². The molecule has 0 bridgehead atoms. The average molecular weight is 423 g/mol.